The maximum Gasteiger partial charge on any atom is 0.123 e. The van der Waals surface area contributed by atoms with Crippen LogP contribution in [0.15, 0.2) is 42.5 Å². The summed E-state index contributed by atoms with van der Waals surface area (Å²) in [6.45, 7) is 2.00. The van der Waals surface area contributed by atoms with E-state index >= 15 is 0 Å². The highest BCUT2D eigenvalue weighted by molar-refractivity contribution is 6.31. The van der Waals surface area contributed by atoms with E-state index < -0.39 is 0 Å². The third-order valence-corrected chi connectivity index (χ3v) is 4.68. The maximum atomic E-state index is 13.2. The lowest BCUT2D eigenvalue weighted by atomic mass is 10.1. The van der Waals surface area contributed by atoms with E-state index in [0.717, 1.165) is 48.1 Å². The topological polar surface area (TPSA) is 29.9 Å². The number of nitrogens with one attached hydrogen (secondary N) is 1. The quantitative estimate of drug-likeness (QED) is 0.754. The van der Waals surface area contributed by atoms with Crippen LogP contribution in [0.5, 0.6) is 0 Å². The summed E-state index contributed by atoms with van der Waals surface area (Å²) in [7, 11) is 0. The summed E-state index contributed by atoms with van der Waals surface area (Å²) in [5.41, 5.74) is 2.85. The highest BCUT2D eigenvalue weighted by Crippen LogP contribution is 2.33. The standard InChI is InChI=1S/C18H17ClFN3/c19-13-3-6-16-17(11-13)23(15-7-9-21-10-8-15)22-18(16)12-1-4-14(20)5-2-12/h1-6,11,15,21H,7-10H2. The molecule has 23 heavy (non-hydrogen) atoms. The first-order valence-corrected chi connectivity index (χ1v) is 8.24. The minimum atomic E-state index is -0.237. The van der Waals surface area contributed by atoms with Gasteiger partial charge in [-0.25, -0.2) is 4.39 Å². The van der Waals surface area contributed by atoms with Gasteiger partial charge < -0.3 is 5.32 Å². The molecule has 0 spiro atoms. The lowest BCUT2D eigenvalue weighted by Crippen LogP contribution is -2.29. The minimum absolute atomic E-state index is 0.237. The third kappa shape index (κ3) is 2.73. The molecule has 2 heterocycles. The van der Waals surface area contributed by atoms with Crippen LogP contribution in [0.3, 0.4) is 0 Å². The highest BCUT2D eigenvalue weighted by Gasteiger charge is 2.21. The summed E-state index contributed by atoms with van der Waals surface area (Å²) in [5.74, 6) is -0.237. The minimum Gasteiger partial charge on any atom is -0.317 e. The van der Waals surface area contributed by atoms with E-state index in [-0.39, 0.29) is 5.82 Å². The molecule has 2 aromatic carbocycles. The average molecular weight is 330 g/mol. The largest absolute Gasteiger partial charge is 0.317 e. The second-order valence-corrected chi connectivity index (χ2v) is 6.38. The van der Waals surface area contributed by atoms with Gasteiger partial charge in [-0.05, 0) is 68.4 Å². The number of halogens is 2. The van der Waals surface area contributed by atoms with Gasteiger partial charge in [0.15, 0.2) is 0 Å². The Kier molecular flexibility index (Phi) is 3.79. The predicted octanol–water partition coefficient (Wildman–Crippen LogP) is 4.42. The van der Waals surface area contributed by atoms with Crippen LogP contribution in [-0.2, 0) is 0 Å². The van der Waals surface area contributed by atoms with Crippen LogP contribution in [0.25, 0.3) is 22.2 Å². The third-order valence-electron chi connectivity index (χ3n) is 4.44. The lowest BCUT2D eigenvalue weighted by molar-refractivity contribution is 0.352. The van der Waals surface area contributed by atoms with E-state index in [9.17, 15) is 4.39 Å². The first kappa shape index (κ1) is 14.7. The molecule has 5 heteroatoms. The Morgan fingerprint density at radius 2 is 1.83 bits per heavy atom. The zero-order valence-corrected chi connectivity index (χ0v) is 13.4. The fourth-order valence-electron chi connectivity index (χ4n) is 3.26. The predicted molar refractivity (Wildman–Crippen MR) is 91.3 cm³/mol. The zero-order chi connectivity index (χ0) is 15.8. The van der Waals surface area contributed by atoms with Crippen molar-refractivity contribution < 1.29 is 4.39 Å². The lowest BCUT2D eigenvalue weighted by Gasteiger charge is -2.23. The van der Waals surface area contributed by atoms with Crippen LogP contribution in [-0.4, -0.2) is 22.9 Å². The summed E-state index contributed by atoms with van der Waals surface area (Å²) in [4.78, 5) is 0. The van der Waals surface area contributed by atoms with Crippen molar-refractivity contribution in [1.29, 1.82) is 0 Å². The molecule has 118 valence electrons. The summed E-state index contributed by atoms with van der Waals surface area (Å²) in [6.07, 6.45) is 2.10. The van der Waals surface area contributed by atoms with Crippen molar-refractivity contribution in [3.8, 4) is 11.3 Å². The van der Waals surface area contributed by atoms with Gasteiger partial charge in [0.05, 0.1) is 11.6 Å². The van der Waals surface area contributed by atoms with Crippen LogP contribution in [0, 0.1) is 5.82 Å². The normalized spacial score (nSPS) is 16.1. The molecule has 1 aliphatic heterocycles. The van der Waals surface area contributed by atoms with Crippen LogP contribution in [0.4, 0.5) is 4.39 Å². The van der Waals surface area contributed by atoms with Gasteiger partial charge in [0, 0.05) is 16.0 Å². The van der Waals surface area contributed by atoms with Gasteiger partial charge in [-0.2, -0.15) is 5.10 Å². The zero-order valence-electron chi connectivity index (χ0n) is 12.6. The Bertz CT molecular complexity index is 835. The van der Waals surface area contributed by atoms with Crippen molar-refractivity contribution in [2.45, 2.75) is 18.9 Å². The SMILES string of the molecule is Fc1ccc(-c2nn(C3CCNCC3)c3cc(Cl)ccc23)cc1. The molecule has 1 aromatic heterocycles. The van der Waals surface area contributed by atoms with Gasteiger partial charge >= 0.3 is 0 Å². The Morgan fingerprint density at radius 3 is 2.57 bits per heavy atom. The van der Waals surface area contributed by atoms with Gasteiger partial charge in [-0.3, -0.25) is 4.68 Å². The molecular weight excluding hydrogens is 313 g/mol. The molecule has 0 unspecified atom stereocenters. The Morgan fingerprint density at radius 1 is 1.09 bits per heavy atom. The molecule has 3 aromatic rings. The van der Waals surface area contributed by atoms with Crippen molar-refractivity contribution in [2.75, 3.05) is 13.1 Å². The maximum absolute atomic E-state index is 13.2. The van der Waals surface area contributed by atoms with Crippen LogP contribution < -0.4 is 5.32 Å². The number of piperidine rings is 1. The second kappa shape index (κ2) is 5.95. The molecule has 1 saturated heterocycles. The highest BCUT2D eigenvalue weighted by atomic mass is 35.5. The Labute approximate surface area is 139 Å². The Balaban J connectivity index is 1.89. The number of benzene rings is 2. The Hall–Kier alpha value is -1.91. The molecule has 4 rings (SSSR count). The summed E-state index contributed by atoms with van der Waals surface area (Å²) >= 11 is 6.20. The monoisotopic (exact) mass is 329 g/mol. The van der Waals surface area contributed by atoms with Crippen molar-refractivity contribution in [3.05, 3.63) is 53.3 Å². The van der Waals surface area contributed by atoms with E-state index in [1.54, 1.807) is 12.1 Å². The van der Waals surface area contributed by atoms with Gasteiger partial charge in [-0.1, -0.05) is 11.6 Å². The molecule has 0 radical (unpaired) electrons. The molecular formula is C18H17ClFN3. The van der Waals surface area contributed by atoms with E-state index in [2.05, 4.69) is 10.00 Å². The van der Waals surface area contributed by atoms with Crippen LogP contribution in [0.2, 0.25) is 5.02 Å². The number of fused-ring (bicyclic) bond motifs is 1. The van der Waals surface area contributed by atoms with Crippen molar-refractivity contribution in [1.82, 2.24) is 15.1 Å². The van der Waals surface area contributed by atoms with E-state index in [0.29, 0.717) is 11.1 Å². The van der Waals surface area contributed by atoms with E-state index in [1.807, 2.05) is 18.2 Å². The number of aromatic nitrogens is 2. The summed E-state index contributed by atoms with van der Waals surface area (Å²) in [6, 6.07) is 12.7. The first-order chi connectivity index (χ1) is 11.2. The fraction of sp³-hybridized carbons (Fsp3) is 0.278. The van der Waals surface area contributed by atoms with Gasteiger partial charge in [-0.15, -0.1) is 0 Å². The summed E-state index contributed by atoms with van der Waals surface area (Å²) < 4.78 is 15.3. The molecule has 0 aliphatic carbocycles. The first-order valence-electron chi connectivity index (χ1n) is 7.87. The van der Waals surface area contributed by atoms with Crippen molar-refractivity contribution in [3.63, 3.8) is 0 Å². The number of nitrogens with zero attached hydrogens (tertiary/aromatic N) is 2. The van der Waals surface area contributed by atoms with Crippen molar-refractivity contribution in [2.24, 2.45) is 0 Å². The average Bonchev–Trinajstić information content (AvgIpc) is 2.95. The number of hydrogen-bond acceptors (Lipinski definition) is 2. The molecule has 0 bridgehead atoms. The van der Waals surface area contributed by atoms with E-state index in [4.69, 9.17) is 16.7 Å². The fourth-order valence-corrected chi connectivity index (χ4v) is 3.43. The molecule has 1 fully saturated rings. The smallest absolute Gasteiger partial charge is 0.123 e. The number of rotatable bonds is 2. The van der Waals surface area contributed by atoms with Gasteiger partial charge in [0.25, 0.3) is 0 Å². The van der Waals surface area contributed by atoms with Crippen molar-refractivity contribution >= 4 is 22.5 Å². The second-order valence-electron chi connectivity index (χ2n) is 5.94. The molecule has 0 atom stereocenters. The van der Waals surface area contributed by atoms with Gasteiger partial charge in [0.2, 0.25) is 0 Å². The number of hydrogen-bond donors (Lipinski definition) is 1. The molecule has 0 saturated carbocycles. The van der Waals surface area contributed by atoms with Gasteiger partial charge in [0.1, 0.15) is 11.5 Å². The van der Waals surface area contributed by atoms with Crippen LogP contribution >= 0.6 is 11.6 Å². The van der Waals surface area contributed by atoms with E-state index in [1.165, 1.54) is 12.1 Å². The molecule has 0 amide bonds. The summed E-state index contributed by atoms with van der Waals surface area (Å²) in [5, 5.41) is 10.0. The molecule has 3 nitrogen and oxygen atoms in total. The molecule has 1 N–H and O–H groups in total. The molecule has 1 aliphatic rings. The van der Waals surface area contributed by atoms with Crippen LogP contribution in [0.1, 0.15) is 18.9 Å².